The van der Waals surface area contributed by atoms with Crippen molar-refractivity contribution in [2.24, 2.45) is 0 Å². The average Bonchev–Trinajstić information content (AvgIpc) is 1.52. The minimum Gasteiger partial charge on any atom is -0.494 e. The first-order valence-corrected chi connectivity index (χ1v) is 45.0. The second-order valence-electron chi connectivity index (χ2n) is 31.8. The maximum absolute atomic E-state index is 12.7. The first kappa shape index (κ1) is 85.7. The van der Waals surface area contributed by atoms with Crippen LogP contribution in [0.25, 0.3) is 66.5 Å². The van der Waals surface area contributed by atoms with Crippen molar-refractivity contribution < 1.29 is 9.47 Å². The smallest absolute Gasteiger partial charge is 0.328 e. The molecule has 0 aliphatic rings. The average molecular weight is 1580 g/mol. The van der Waals surface area contributed by atoms with Gasteiger partial charge in [0.15, 0.2) is 0 Å². The summed E-state index contributed by atoms with van der Waals surface area (Å²) in [7, 11) is 0. The lowest BCUT2D eigenvalue weighted by atomic mass is 9.50. The van der Waals surface area contributed by atoms with Crippen LogP contribution in [0.15, 0.2) is 219 Å². The van der Waals surface area contributed by atoms with E-state index in [0.717, 1.165) is 81.5 Å². The largest absolute Gasteiger partial charge is 0.494 e. The Morgan fingerprint density at radius 2 is 0.603 bits per heavy atom. The van der Waals surface area contributed by atoms with Gasteiger partial charge in [0.2, 0.25) is 0 Å². The molecule has 0 unspecified atom stereocenters. The standard InChI is InChI=1S/C102H118B2Cl2N8O2/c1-3-5-7-9-11-13-15-17-19-21-23-25-27-29-31-33-35-51-71-115-85-67-63-79(64-68-85)99-97-98(102(88(76-108)96-78-110-93-73-89(105)90(106)74-94(93)112-96)114(99)104(83-57-45-39-46-58-83)84-59-47-40-48-60-84)100(80-65-69-86(70-66-80)116-72-52-36-34-32-30-28-26-24-22-20-18-16-14-12-10-8-6-4-2)113(103(81-53-41-37-42-54-81)82-55-43-38-44-56-82)101(97)87(75-107)95-77-109-91-61-49-50-62-92(91)111-95/h37-50,53-70,73-74,77-78H,3-36,51-52,71-72H2,1-2H3/b101-87-,102-88-. The van der Waals surface area contributed by atoms with Gasteiger partial charge in [-0.2, -0.15) is 10.5 Å². The highest BCUT2D eigenvalue weighted by atomic mass is 35.5. The Morgan fingerprint density at radius 1 is 0.328 bits per heavy atom. The van der Waals surface area contributed by atoms with Crippen LogP contribution in [0.3, 0.4) is 0 Å². The molecule has 12 rings (SSSR count). The fraction of sp³-hybridized carbons (Fsp3) is 0.392. The van der Waals surface area contributed by atoms with Crippen LogP contribution < -0.4 is 42.0 Å². The third kappa shape index (κ3) is 23.6. The summed E-state index contributed by atoms with van der Waals surface area (Å²) >= 11 is 13.6. The van der Waals surface area contributed by atoms with E-state index in [1.165, 1.54) is 205 Å². The molecular weight excluding hydrogens is 1460 g/mol. The number of ether oxygens (including phenoxy) is 2. The molecule has 0 saturated heterocycles. The molecule has 4 heterocycles. The van der Waals surface area contributed by atoms with Crippen molar-refractivity contribution in [3.8, 4) is 46.2 Å². The Bertz CT molecular complexity index is 5040. The summed E-state index contributed by atoms with van der Waals surface area (Å²) in [6.45, 7) is 4.54. The van der Waals surface area contributed by atoms with Crippen molar-refractivity contribution in [3.05, 3.63) is 251 Å². The van der Waals surface area contributed by atoms with Crippen molar-refractivity contribution in [1.82, 2.24) is 28.9 Å². The maximum atomic E-state index is 12.7. The zero-order valence-electron chi connectivity index (χ0n) is 69.0. The van der Waals surface area contributed by atoms with Gasteiger partial charge in [0.1, 0.15) is 46.2 Å². The summed E-state index contributed by atoms with van der Waals surface area (Å²) in [5, 5.41) is 28.5. The number of hydrogen-bond acceptors (Lipinski definition) is 8. The third-order valence-electron chi connectivity index (χ3n) is 23.2. The number of hydrogen-bond donors (Lipinski definition) is 0. The van der Waals surface area contributed by atoms with Gasteiger partial charge in [-0.25, -0.2) is 9.97 Å². The van der Waals surface area contributed by atoms with Gasteiger partial charge in [0.05, 0.1) is 68.4 Å². The molecule has 0 N–H and O–H groups in total. The summed E-state index contributed by atoms with van der Waals surface area (Å²) < 4.78 is 18.1. The van der Waals surface area contributed by atoms with Crippen LogP contribution in [-0.2, 0) is 0 Å². The van der Waals surface area contributed by atoms with E-state index in [2.05, 4.69) is 181 Å². The molecular formula is C102H118B2Cl2N8O2. The van der Waals surface area contributed by atoms with Crippen LogP contribution in [0.5, 0.6) is 11.5 Å². The lowest BCUT2D eigenvalue weighted by Gasteiger charge is -2.24. The molecule has 0 bridgehead atoms. The van der Waals surface area contributed by atoms with Gasteiger partial charge >= 0.3 is 13.7 Å². The minimum atomic E-state index is -0.616. The zero-order chi connectivity index (χ0) is 80.1. The molecule has 0 aliphatic heterocycles. The second kappa shape index (κ2) is 46.9. The van der Waals surface area contributed by atoms with E-state index in [4.69, 9.17) is 52.6 Å². The quantitative estimate of drug-likeness (QED) is 0.0272. The molecule has 598 valence electrons. The van der Waals surface area contributed by atoms with Crippen LogP contribution >= 0.6 is 23.2 Å². The Hall–Kier alpha value is -9.71. The molecule has 10 nitrogen and oxygen atoms in total. The number of para-hydroxylation sites is 2. The Morgan fingerprint density at radius 3 is 0.922 bits per heavy atom. The highest BCUT2D eigenvalue weighted by molar-refractivity contribution is 6.85. The third-order valence-corrected chi connectivity index (χ3v) is 23.9. The zero-order valence-corrected chi connectivity index (χ0v) is 70.5. The number of benzene rings is 8. The van der Waals surface area contributed by atoms with Crippen LogP contribution in [-0.4, -0.2) is 55.8 Å². The van der Waals surface area contributed by atoms with E-state index < -0.39 is 13.7 Å². The lowest BCUT2D eigenvalue weighted by molar-refractivity contribution is 0.304. The predicted octanol–water partition coefficient (Wildman–Crippen LogP) is 24.6. The summed E-state index contributed by atoms with van der Waals surface area (Å²) in [5.74, 6) is 1.50. The van der Waals surface area contributed by atoms with Gasteiger partial charge in [0.25, 0.3) is 0 Å². The van der Waals surface area contributed by atoms with Gasteiger partial charge in [0, 0.05) is 22.2 Å². The molecule has 0 amide bonds. The molecule has 0 atom stereocenters. The fourth-order valence-electron chi connectivity index (χ4n) is 17.0. The van der Waals surface area contributed by atoms with E-state index >= 15 is 0 Å². The second-order valence-corrected chi connectivity index (χ2v) is 32.6. The van der Waals surface area contributed by atoms with Gasteiger partial charge in [-0.3, -0.25) is 9.97 Å². The molecule has 0 spiro atoms. The van der Waals surface area contributed by atoms with Gasteiger partial charge in [-0.1, -0.05) is 411 Å². The molecule has 12 aromatic rings. The van der Waals surface area contributed by atoms with Crippen LogP contribution in [0, 0.1) is 22.7 Å². The van der Waals surface area contributed by atoms with E-state index in [1.54, 1.807) is 24.5 Å². The number of rotatable bonds is 50. The van der Waals surface area contributed by atoms with Gasteiger partial charge in [-0.15, -0.1) is 0 Å². The molecule has 8 aromatic carbocycles. The van der Waals surface area contributed by atoms with Crippen molar-refractivity contribution in [2.75, 3.05) is 13.2 Å². The summed E-state index contributed by atoms with van der Waals surface area (Å²) in [6, 6.07) is 75.7. The van der Waals surface area contributed by atoms with E-state index in [-0.39, 0.29) is 11.1 Å². The number of fused-ring (bicyclic) bond motifs is 3. The molecule has 0 fully saturated rings. The van der Waals surface area contributed by atoms with E-state index in [0.29, 0.717) is 78.2 Å². The Balaban J connectivity index is 0.971. The number of halogens is 2. The maximum Gasteiger partial charge on any atom is 0.328 e. The van der Waals surface area contributed by atoms with Crippen molar-refractivity contribution >= 4 is 103 Å². The fourth-order valence-corrected chi connectivity index (χ4v) is 17.3. The highest BCUT2D eigenvalue weighted by Gasteiger charge is 2.38. The molecule has 0 radical (unpaired) electrons. The molecule has 0 saturated carbocycles. The molecule has 14 heteroatoms. The lowest BCUT2D eigenvalue weighted by Crippen LogP contribution is -2.54. The molecule has 116 heavy (non-hydrogen) atoms. The van der Waals surface area contributed by atoms with Crippen molar-refractivity contribution in [1.29, 1.82) is 10.5 Å². The Labute approximate surface area is 702 Å². The Kier molecular flexibility index (Phi) is 34.6. The first-order chi connectivity index (χ1) is 57.4. The first-order valence-electron chi connectivity index (χ1n) is 44.2. The number of nitrogens with zero attached hydrogens (tertiary/aromatic N) is 8. The van der Waals surface area contributed by atoms with Crippen LogP contribution in [0.4, 0.5) is 0 Å². The van der Waals surface area contributed by atoms with E-state index in [1.807, 2.05) is 48.5 Å². The summed E-state index contributed by atoms with van der Waals surface area (Å²) in [6.07, 6.45) is 50.7. The van der Waals surface area contributed by atoms with Crippen molar-refractivity contribution in [3.63, 3.8) is 0 Å². The highest BCUT2D eigenvalue weighted by Crippen LogP contribution is 2.39. The molecule has 4 aromatic heterocycles. The summed E-state index contributed by atoms with van der Waals surface area (Å²) in [5.41, 5.74) is 10.5. The topological polar surface area (TPSA) is 127 Å². The number of unbranched alkanes of at least 4 members (excludes halogenated alkanes) is 34. The normalized spacial score (nSPS) is 12.0. The minimum absolute atomic E-state index is 0.233. The van der Waals surface area contributed by atoms with Crippen LogP contribution in [0.1, 0.15) is 256 Å². The number of aromatic nitrogens is 6. The van der Waals surface area contributed by atoms with Gasteiger partial charge in [-0.05, 0) is 96.8 Å². The monoisotopic (exact) mass is 1580 g/mol. The molecule has 0 aliphatic carbocycles. The van der Waals surface area contributed by atoms with Gasteiger partial charge < -0.3 is 18.4 Å². The number of nitriles is 2. The van der Waals surface area contributed by atoms with Crippen LogP contribution in [0.2, 0.25) is 10.0 Å². The predicted molar refractivity (Wildman–Crippen MR) is 491 cm³/mol. The summed E-state index contributed by atoms with van der Waals surface area (Å²) in [4.78, 5) is 20.8. The van der Waals surface area contributed by atoms with E-state index in [9.17, 15) is 10.5 Å². The SMILES string of the molecule is CCCCCCCCCCCCCCCCCCCCOc1ccc(-c2c3/c(=C(\C#N)c4cnc5cc(Cl)c(Cl)cc5n4)n(B(c4ccccc4)c4ccccc4)c(-c4ccc(OCCCCCCCCCCCCCCCCCCCC)cc4)c3/c(=C(\C#N)c3cnc4ccccc4n3)n2B(c2ccccc2)c2ccccc2)cc1. The van der Waals surface area contributed by atoms with Crippen molar-refractivity contribution in [2.45, 2.75) is 245 Å².